The minimum atomic E-state index is -0.642. The van der Waals surface area contributed by atoms with Gasteiger partial charge in [0.05, 0.1) is 6.04 Å². The molecule has 1 atom stereocenters. The number of halogens is 2. The Bertz CT molecular complexity index is 334. The standard InChI is InChI=1S/C9H10ClFN2O/c1-5(12)9(14)13-8-3-6(10)2-7(11)4-8/h2-5H,12H2,1H3,(H,13,14)/t5-/m0/s1. The molecule has 0 bridgehead atoms. The zero-order valence-electron chi connectivity index (χ0n) is 7.55. The summed E-state index contributed by atoms with van der Waals surface area (Å²) in [5.41, 5.74) is 5.62. The number of carbonyl (C=O) groups is 1. The molecule has 0 radical (unpaired) electrons. The van der Waals surface area contributed by atoms with E-state index in [0.717, 1.165) is 6.07 Å². The van der Waals surface area contributed by atoms with E-state index in [1.807, 2.05) is 0 Å². The van der Waals surface area contributed by atoms with Crippen molar-refractivity contribution < 1.29 is 9.18 Å². The summed E-state index contributed by atoms with van der Waals surface area (Å²) in [6.07, 6.45) is 0. The van der Waals surface area contributed by atoms with Gasteiger partial charge in [0.1, 0.15) is 5.82 Å². The highest BCUT2D eigenvalue weighted by atomic mass is 35.5. The second-order valence-corrected chi connectivity index (χ2v) is 3.37. The van der Waals surface area contributed by atoms with Gasteiger partial charge in [0.15, 0.2) is 0 Å². The van der Waals surface area contributed by atoms with Crippen molar-refractivity contribution in [2.24, 2.45) is 5.73 Å². The lowest BCUT2D eigenvalue weighted by Gasteiger charge is -2.07. The molecule has 0 heterocycles. The van der Waals surface area contributed by atoms with Crippen molar-refractivity contribution in [2.75, 3.05) is 5.32 Å². The molecule has 1 amide bonds. The summed E-state index contributed by atoms with van der Waals surface area (Å²) >= 11 is 5.59. The van der Waals surface area contributed by atoms with Crippen LogP contribution in [0, 0.1) is 5.82 Å². The number of amides is 1. The highest BCUT2D eigenvalue weighted by Gasteiger charge is 2.08. The van der Waals surface area contributed by atoms with Crippen LogP contribution in [0.25, 0.3) is 0 Å². The van der Waals surface area contributed by atoms with Crippen molar-refractivity contribution in [1.82, 2.24) is 0 Å². The van der Waals surface area contributed by atoms with Crippen molar-refractivity contribution in [3.8, 4) is 0 Å². The molecule has 0 saturated heterocycles. The van der Waals surface area contributed by atoms with Crippen LogP contribution in [-0.4, -0.2) is 11.9 Å². The minimum Gasteiger partial charge on any atom is -0.325 e. The zero-order valence-corrected chi connectivity index (χ0v) is 8.31. The average molecular weight is 217 g/mol. The van der Waals surface area contributed by atoms with E-state index in [2.05, 4.69) is 5.32 Å². The van der Waals surface area contributed by atoms with Crippen LogP contribution >= 0.6 is 11.6 Å². The Morgan fingerprint density at radius 3 is 2.71 bits per heavy atom. The molecule has 0 aliphatic carbocycles. The molecule has 14 heavy (non-hydrogen) atoms. The smallest absolute Gasteiger partial charge is 0.241 e. The summed E-state index contributed by atoms with van der Waals surface area (Å²) in [6.45, 7) is 1.54. The monoisotopic (exact) mass is 216 g/mol. The summed E-state index contributed by atoms with van der Waals surface area (Å²) in [5, 5.41) is 2.66. The predicted octanol–water partition coefficient (Wildman–Crippen LogP) is 1.76. The van der Waals surface area contributed by atoms with Gasteiger partial charge in [0, 0.05) is 10.7 Å². The van der Waals surface area contributed by atoms with Crippen LogP contribution in [0.4, 0.5) is 10.1 Å². The maximum atomic E-state index is 12.8. The van der Waals surface area contributed by atoms with Gasteiger partial charge in [0.2, 0.25) is 5.91 Å². The summed E-state index contributed by atoms with van der Waals surface area (Å²) < 4.78 is 12.8. The van der Waals surface area contributed by atoms with Crippen molar-refractivity contribution in [2.45, 2.75) is 13.0 Å². The van der Waals surface area contributed by atoms with E-state index in [1.54, 1.807) is 0 Å². The van der Waals surface area contributed by atoms with Gasteiger partial charge < -0.3 is 11.1 Å². The lowest BCUT2D eigenvalue weighted by Crippen LogP contribution is -2.32. The van der Waals surface area contributed by atoms with Crippen LogP contribution in [0.3, 0.4) is 0 Å². The molecule has 76 valence electrons. The number of nitrogens with one attached hydrogen (secondary N) is 1. The second-order valence-electron chi connectivity index (χ2n) is 2.94. The molecular weight excluding hydrogens is 207 g/mol. The average Bonchev–Trinajstić information content (AvgIpc) is 2.01. The highest BCUT2D eigenvalue weighted by Crippen LogP contribution is 2.17. The van der Waals surface area contributed by atoms with Gasteiger partial charge >= 0.3 is 0 Å². The number of benzene rings is 1. The molecule has 1 aromatic carbocycles. The fraction of sp³-hybridized carbons (Fsp3) is 0.222. The third-order valence-corrected chi connectivity index (χ3v) is 1.76. The van der Waals surface area contributed by atoms with E-state index in [1.165, 1.54) is 19.1 Å². The van der Waals surface area contributed by atoms with Crippen molar-refractivity contribution in [1.29, 1.82) is 0 Å². The quantitative estimate of drug-likeness (QED) is 0.792. The molecule has 5 heteroatoms. The Hall–Kier alpha value is -1.13. The lowest BCUT2D eigenvalue weighted by molar-refractivity contribution is -0.117. The second kappa shape index (κ2) is 4.39. The van der Waals surface area contributed by atoms with E-state index in [0.29, 0.717) is 5.69 Å². The van der Waals surface area contributed by atoms with Gasteiger partial charge in [-0.05, 0) is 25.1 Å². The number of carbonyl (C=O) groups excluding carboxylic acids is 1. The molecule has 0 aliphatic heterocycles. The molecule has 3 nitrogen and oxygen atoms in total. The van der Waals surface area contributed by atoms with Crippen molar-refractivity contribution in [3.05, 3.63) is 29.0 Å². The van der Waals surface area contributed by atoms with Crippen LogP contribution in [0.1, 0.15) is 6.92 Å². The Morgan fingerprint density at radius 2 is 2.21 bits per heavy atom. The van der Waals surface area contributed by atoms with Crippen LogP contribution in [-0.2, 0) is 4.79 Å². The van der Waals surface area contributed by atoms with Gasteiger partial charge in [0.25, 0.3) is 0 Å². The molecule has 0 fully saturated rings. The number of nitrogens with two attached hydrogens (primary N) is 1. The van der Waals surface area contributed by atoms with Gasteiger partial charge in [-0.25, -0.2) is 4.39 Å². The van der Waals surface area contributed by atoms with Gasteiger partial charge in [-0.3, -0.25) is 4.79 Å². The van der Waals surface area contributed by atoms with E-state index < -0.39 is 11.9 Å². The first-order valence-electron chi connectivity index (χ1n) is 4.01. The first kappa shape index (κ1) is 10.9. The van der Waals surface area contributed by atoms with Gasteiger partial charge in [-0.15, -0.1) is 0 Å². The molecular formula is C9H10ClFN2O. The third-order valence-electron chi connectivity index (χ3n) is 1.54. The van der Waals surface area contributed by atoms with E-state index in [4.69, 9.17) is 17.3 Å². The summed E-state index contributed by atoms with van der Waals surface area (Å²) in [7, 11) is 0. The maximum absolute atomic E-state index is 12.8. The normalized spacial score (nSPS) is 12.3. The number of hydrogen-bond acceptors (Lipinski definition) is 2. The number of rotatable bonds is 2. The minimum absolute atomic E-state index is 0.227. The molecule has 0 saturated carbocycles. The Kier molecular flexibility index (Phi) is 3.43. The Balaban J connectivity index is 2.82. The third kappa shape index (κ3) is 2.97. The summed E-state index contributed by atoms with van der Waals surface area (Å²) in [6, 6.07) is 3.14. The summed E-state index contributed by atoms with van der Waals surface area (Å²) in [4.78, 5) is 11.1. The first-order valence-corrected chi connectivity index (χ1v) is 4.39. The molecule has 0 spiro atoms. The number of hydrogen-bond donors (Lipinski definition) is 2. The van der Waals surface area contributed by atoms with Crippen molar-refractivity contribution in [3.63, 3.8) is 0 Å². The van der Waals surface area contributed by atoms with E-state index >= 15 is 0 Å². The highest BCUT2D eigenvalue weighted by molar-refractivity contribution is 6.30. The fourth-order valence-electron chi connectivity index (χ4n) is 0.882. The van der Waals surface area contributed by atoms with E-state index in [-0.39, 0.29) is 10.9 Å². The van der Waals surface area contributed by atoms with Crippen LogP contribution < -0.4 is 11.1 Å². The van der Waals surface area contributed by atoms with Crippen LogP contribution in [0.2, 0.25) is 5.02 Å². The molecule has 0 unspecified atom stereocenters. The molecule has 1 aromatic rings. The predicted molar refractivity (Wildman–Crippen MR) is 53.7 cm³/mol. The molecule has 1 rings (SSSR count). The molecule has 3 N–H and O–H groups in total. The zero-order chi connectivity index (χ0) is 10.7. The maximum Gasteiger partial charge on any atom is 0.241 e. The van der Waals surface area contributed by atoms with Crippen LogP contribution in [0.15, 0.2) is 18.2 Å². The molecule has 0 aromatic heterocycles. The number of anilines is 1. The fourth-order valence-corrected chi connectivity index (χ4v) is 1.10. The lowest BCUT2D eigenvalue weighted by atomic mass is 10.3. The van der Waals surface area contributed by atoms with Crippen molar-refractivity contribution >= 4 is 23.2 Å². The summed E-state index contributed by atoms with van der Waals surface area (Å²) in [5.74, 6) is -0.885. The van der Waals surface area contributed by atoms with Gasteiger partial charge in [-0.1, -0.05) is 11.6 Å². The van der Waals surface area contributed by atoms with E-state index in [9.17, 15) is 9.18 Å². The Labute approximate surface area is 86.0 Å². The largest absolute Gasteiger partial charge is 0.325 e. The SMILES string of the molecule is C[C@H](N)C(=O)Nc1cc(F)cc(Cl)c1. The Morgan fingerprint density at radius 1 is 1.57 bits per heavy atom. The first-order chi connectivity index (χ1) is 6.49. The van der Waals surface area contributed by atoms with Gasteiger partial charge in [-0.2, -0.15) is 0 Å². The molecule has 0 aliphatic rings. The van der Waals surface area contributed by atoms with Crippen LogP contribution in [0.5, 0.6) is 0 Å². The topological polar surface area (TPSA) is 55.1 Å².